The van der Waals surface area contributed by atoms with Gasteiger partial charge in [0.25, 0.3) is 0 Å². The van der Waals surface area contributed by atoms with Crippen LogP contribution in [0.25, 0.3) is 0 Å². The normalized spacial score (nSPS) is 21.9. The second-order valence-electron chi connectivity index (χ2n) is 6.50. The predicted octanol–water partition coefficient (Wildman–Crippen LogP) is 3.76. The van der Waals surface area contributed by atoms with Crippen molar-refractivity contribution >= 4 is 11.5 Å². The zero-order chi connectivity index (χ0) is 13.9. The molecule has 1 aliphatic carbocycles. The summed E-state index contributed by atoms with van der Waals surface area (Å²) in [5.74, 6) is 1.03. The van der Waals surface area contributed by atoms with Crippen molar-refractivity contribution < 1.29 is 4.79 Å². The van der Waals surface area contributed by atoms with Crippen molar-refractivity contribution in [2.75, 3.05) is 18.0 Å². The van der Waals surface area contributed by atoms with Crippen LogP contribution in [0.3, 0.4) is 0 Å². The summed E-state index contributed by atoms with van der Waals surface area (Å²) >= 11 is 0. The number of Topliss-reactive ketones (excluding diaryl/α,β-unsaturated/α-hetero) is 1. The first kappa shape index (κ1) is 13.7. The zero-order valence-electron chi connectivity index (χ0n) is 12.5. The van der Waals surface area contributed by atoms with E-state index in [1.807, 2.05) is 0 Å². The summed E-state index contributed by atoms with van der Waals surface area (Å²) in [7, 11) is 0. The smallest absolute Gasteiger partial charge is 0.129 e. The van der Waals surface area contributed by atoms with E-state index in [2.05, 4.69) is 23.1 Å². The fourth-order valence-electron chi connectivity index (χ4n) is 3.63. The molecule has 0 saturated carbocycles. The van der Waals surface area contributed by atoms with Crippen LogP contribution in [0.15, 0.2) is 18.2 Å². The summed E-state index contributed by atoms with van der Waals surface area (Å²) < 4.78 is 0. The van der Waals surface area contributed by atoms with Gasteiger partial charge in [0, 0.05) is 25.2 Å². The first-order valence-electron chi connectivity index (χ1n) is 8.08. The van der Waals surface area contributed by atoms with Crippen molar-refractivity contribution in [1.29, 1.82) is 0 Å². The van der Waals surface area contributed by atoms with E-state index in [1.54, 1.807) is 18.1 Å². The molecule has 1 aliphatic heterocycles. The molecular formula is C18H25NO. The predicted molar refractivity (Wildman–Crippen MR) is 83.3 cm³/mol. The number of hydrogen-bond acceptors (Lipinski definition) is 2. The Labute approximate surface area is 122 Å². The number of ketones is 1. The highest BCUT2D eigenvalue weighted by atomic mass is 16.1. The zero-order valence-corrected chi connectivity index (χ0v) is 12.5. The number of aryl methyl sites for hydroxylation is 2. The van der Waals surface area contributed by atoms with Crippen LogP contribution in [0.5, 0.6) is 0 Å². The van der Waals surface area contributed by atoms with Gasteiger partial charge in [-0.3, -0.25) is 0 Å². The lowest BCUT2D eigenvalue weighted by Crippen LogP contribution is -2.20. The lowest BCUT2D eigenvalue weighted by Gasteiger charge is -2.22. The number of carbonyl (C=O) groups is 1. The van der Waals surface area contributed by atoms with Gasteiger partial charge in [0.2, 0.25) is 0 Å². The molecule has 0 aromatic heterocycles. The molecule has 0 spiro atoms. The van der Waals surface area contributed by atoms with Crippen molar-refractivity contribution in [2.45, 2.75) is 51.9 Å². The molecule has 1 heterocycles. The molecule has 0 radical (unpaired) electrons. The van der Waals surface area contributed by atoms with E-state index in [0.717, 1.165) is 25.9 Å². The van der Waals surface area contributed by atoms with Crippen LogP contribution in [-0.2, 0) is 17.6 Å². The summed E-state index contributed by atoms with van der Waals surface area (Å²) in [6.45, 7) is 3.99. The summed E-state index contributed by atoms with van der Waals surface area (Å²) in [5.41, 5.74) is 4.53. The minimum absolute atomic E-state index is 0.331. The lowest BCUT2D eigenvalue weighted by molar-refractivity contribution is -0.117. The molecule has 2 aliphatic rings. The standard InChI is InChI=1S/C18H25NO/c1-14(20)6-7-15-10-11-19(13-15)18-9-8-16-4-2-3-5-17(16)12-18/h8-9,12,15H,2-7,10-11,13H2,1H3. The Morgan fingerprint density at radius 3 is 2.85 bits per heavy atom. The molecule has 1 aromatic rings. The van der Waals surface area contributed by atoms with Gasteiger partial charge >= 0.3 is 0 Å². The third-order valence-corrected chi connectivity index (χ3v) is 4.89. The van der Waals surface area contributed by atoms with Crippen LogP contribution in [0.1, 0.15) is 50.2 Å². The van der Waals surface area contributed by atoms with E-state index in [-0.39, 0.29) is 0 Å². The summed E-state index contributed by atoms with van der Waals surface area (Å²) in [4.78, 5) is 13.6. The average Bonchev–Trinajstić information content (AvgIpc) is 2.93. The molecule has 2 nitrogen and oxygen atoms in total. The molecule has 3 rings (SSSR count). The minimum Gasteiger partial charge on any atom is -0.371 e. The van der Waals surface area contributed by atoms with Crippen LogP contribution >= 0.6 is 0 Å². The largest absolute Gasteiger partial charge is 0.371 e. The van der Waals surface area contributed by atoms with Gasteiger partial charge in [-0.05, 0) is 74.6 Å². The highest BCUT2D eigenvalue weighted by Crippen LogP contribution is 2.30. The molecule has 0 amide bonds. The van der Waals surface area contributed by atoms with Gasteiger partial charge in [-0.2, -0.15) is 0 Å². The first-order chi connectivity index (χ1) is 9.72. The number of rotatable bonds is 4. The maximum Gasteiger partial charge on any atom is 0.129 e. The highest BCUT2D eigenvalue weighted by molar-refractivity contribution is 5.75. The third-order valence-electron chi connectivity index (χ3n) is 4.89. The van der Waals surface area contributed by atoms with E-state index >= 15 is 0 Å². The van der Waals surface area contributed by atoms with Gasteiger partial charge in [0.1, 0.15) is 5.78 Å². The van der Waals surface area contributed by atoms with Crippen molar-refractivity contribution in [3.05, 3.63) is 29.3 Å². The fraction of sp³-hybridized carbons (Fsp3) is 0.611. The van der Waals surface area contributed by atoms with E-state index in [4.69, 9.17) is 0 Å². The average molecular weight is 271 g/mol. The summed E-state index contributed by atoms with van der Waals surface area (Å²) in [5, 5.41) is 0. The molecule has 0 bridgehead atoms. The van der Waals surface area contributed by atoms with E-state index in [9.17, 15) is 4.79 Å². The van der Waals surface area contributed by atoms with Crippen LogP contribution in [-0.4, -0.2) is 18.9 Å². The Bertz CT molecular complexity index is 494. The molecule has 1 fully saturated rings. The molecule has 1 saturated heterocycles. The van der Waals surface area contributed by atoms with Crippen LogP contribution in [0.4, 0.5) is 5.69 Å². The maximum absolute atomic E-state index is 11.1. The third kappa shape index (κ3) is 3.05. The van der Waals surface area contributed by atoms with Gasteiger partial charge in [-0.15, -0.1) is 0 Å². The van der Waals surface area contributed by atoms with Gasteiger partial charge < -0.3 is 9.69 Å². The number of carbonyl (C=O) groups excluding carboxylic acids is 1. The second-order valence-corrected chi connectivity index (χ2v) is 6.50. The quantitative estimate of drug-likeness (QED) is 0.831. The Kier molecular flexibility index (Phi) is 4.09. The van der Waals surface area contributed by atoms with Gasteiger partial charge in [-0.1, -0.05) is 6.07 Å². The van der Waals surface area contributed by atoms with Crippen LogP contribution < -0.4 is 4.90 Å². The molecular weight excluding hydrogens is 246 g/mol. The van der Waals surface area contributed by atoms with Crippen LogP contribution in [0.2, 0.25) is 0 Å². The minimum atomic E-state index is 0.331. The summed E-state index contributed by atoms with van der Waals surface area (Å²) in [6, 6.07) is 7.06. The Morgan fingerprint density at radius 2 is 2.05 bits per heavy atom. The van der Waals surface area contributed by atoms with Gasteiger partial charge in [0.15, 0.2) is 0 Å². The van der Waals surface area contributed by atoms with E-state index in [0.29, 0.717) is 11.7 Å². The first-order valence-corrected chi connectivity index (χ1v) is 8.08. The monoisotopic (exact) mass is 271 g/mol. The topological polar surface area (TPSA) is 20.3 Å². The number of anilines is 1. The molecule has 1 atom stereocenters. The van der Waals surface area contributed by atoms with Crippen molar-refractivity contribution in [3.8, 4) is 0 Å². The van der Waals surface area contributed by atoms with Gasteiger partial charge in [0.05, 0.1) is 0 Å². The van der Waals surface area contributed by atoms with Crippen molar-refractivity contribution in [3.63, 3.8) is 0 Å². The Morgan fingerprint density at radius 1 is 1.25 bits per heavy atom. The molecule has 20 heavy (non-hydrogen) atoms. The Hall–Kier alpha value is -1.31. The lowest BCUT2D eigenvalue weighted by atomic mass is 9.91. The number of benzene rings is 1. The van der Waals surface area contributed by atoms with Crippen molar-refractivity contribution in [2.24, 2.45) is 5.92 Å². The fourth-order valence-corrected chi connectivity index (χ4v) is 3.63. The highest BCUT2D eigenvalue weighted by Gasteiger charge is 2.23. The molecule has 2 heteroatoms. The molecule has 0 N–H and O–H groups in total. The molecule has 108 valence electrons. The number of fused-ring (bicyclic) bond motifs is 1. The van der Waals surface area contributed by atoms with Crippen molar-refractivity contribution in [1.82, 2.24) is 0 Å². The van der Waals surface area contributed by atoms with E-state index in [1.165, 1.54) is 37.8 Å². The maximum atomic E-state index is 11.1. The molecule has 1 unspecified atom stereocenters. The number of nitrogens with zero attached hydrogens (tertiary/aromatic N) is 1. The van der Waals surface area contributed by atoms with E-state index < -0.39 is 0 Å². The number of hydrogen-bond donors (Lipinski definition) is 0. The summed E-state index contributed by atoms with van der Waals surface area (Å²) in [6.07, 6.45) is 8.27. The van der Waals surface area contributed by atoms with Crippen LogP contribution in [0, 0.1) is 5.92 Å². The SMILES string of the molecule is CC(=O)CCC1CCN(c2ccc3c(c2)CCCC3)C1. The Balaban J connectivity index is 1.64. The second kappa shape index (κ2) is 5.99. The van der Waals surface area contributed by atoms with Gasteiger partial charge in [-0.25, -0.2) is 0 Å². The molecule has 1 aromatic carbocycles.